The zero-order chi connectivity index (χ0) is 18.6. The minimum atomic E-state index is -0.0278. The Morgan fingerprint density at radius 1 is 1.15 bits per heavy atom. The maximum Gasteiger partial charge on any atom is 0.322 e. The van der Waals surface area contributed by atoms with Gasteiger partial charge in [-0.2, -0.15) is 0 Å². The quantitative estimate of drug-likeness (QED) is 0.903. The van der Waals surface area contributed by atoms with Crippen molar-refractivity contribution in [3.8, 4) is 5.75 Å². The number of para-hydroxylation sites is 2. The van der Waals surface area contributed by atoms with Gasteiger partial charge in [0, 0.05) is 44.6 Å². The summed E-state index contributed by atoms with van der Waals surface area (Å²) in [5.74, 6) is 1.21. The Bertz CT molecular complexity index is 783. The van der Waals surface area contributed by atoms with Gasteiger partial charge in [0.05, 0.1) is 12.8 Å². The normalized spacial score (nSPS) is 22.3. The number of amides is 2. The molecule has 2 amide bonds. The van der Waals surface area contributed by atoms with Crippen molar-refractivity contribution >= 4 is 11.7 Å². The number of urea groups is 1. The third-order valence-corrected chi connectivity index (χ3v) is 5.55. The van der Waals surface area contributed by atoms with E-state index in [1.165, 1.54) is 12.0 Å². The molecule has 0 radical (unpaired) electrons. The van der Waals surface area contributed by atoms with Gasteiger partial charge < -0.3 is 15.0 Å². The number of anilines is 1. The van der Waals surface area contributed by atoms with Crippen molar-refractivity contribution in [1.82, 2.24) is 14.8 Å². The standard InChI is InChI=1S/C21H26N4O2/c1-27-20-5-3-2-4-19(20)23-21(26)25-14-17-6-7-18(25)15-24(13-17)12-16-8-10-22-11-9-16/h2-5,8-11,17-18H,6-7,12-15H2,1H3,(H,23,26)/t17-,18+/m0/s1. The Labute approximate surface area is 160 Å². The van der Waals surface area contributed by atoms with Gasteiger partial charge in [0.15, 0.2) is 0 Å². The number of aromatic nitrogens is 1. The highest BCUT2D eigenvalue weighted by molar-refractivity contribution is 5.91. The van der Waals surface area contributed by atoms with Crippen molar-refractivity contribution in [3.63, 3.8) is 0 Å². The zero-order valence-electron chi connectivity index (χ0n) is 15.7. The van der Waals surface area contributed by atoms with Crippen LogP contribution in [0.15, 0.2) is 48.8 Å². The summed E-state index contributed by atoms with van der Waals surface area (Å²) >= 11 is 0. The van der Waals surface area contributed by atoms with Crippen molar-refractivity contribution in [2.45, 2.75) is 25.4 Å². The number of ether oxygens (including phenoxy) is 1. The van der Waals surface area contributed by atoms with Crippen molar-refractivity contribution < 1.29 is 9.53 Å². The number of pyridine rings is 1. The summed E-state index contributed by atoms with van der Waals surface area (Å²) in [7, 11) is 1.62. The van der Waals surface area contributed by atoms with Gasteiger partial charge >= 0.3 is 6.03 Å². The summed E-state index contributed by atoms with van der Waals surface area (Å²) in [4.78, 5) is 21.6. The van der Waals surface area contributed by atoms with Crippen molar-refractivity contribution in [2.24, 2.45) is 5.92 Å². The number of nitrogens with zero attached hydrogens (tertiary/aromatic N) is 3. The highest BCUT2D eigenvalue weighted by Gasteiger charge is 2.37. The number of benzene rings is 1. The fourth-order valence-electron chi connectivity index (χ4n) is 4.24. The first-order valence-corrected chi connectivity index (χ1v) is 9.55. The molecule has 27 heavy (non-hydrogen) atoms. The van der Waals surface area contributed by atoms with Crippen LogP contribution >= 0.6 is 0 Å². The summed E-state index contributed by atoms with van der Waals surface area (Å²) < 4.78 is 5.36. The molecule has 1 aromatic heterocycles. The van der Waals surface area contributed by atoms with Crippen LogP contribution in [-0.2, 0) is 6.54 Å². The van der Waals surface area contributed by atoms with Crippen LogP contribution < -0.4 is 10.1 Å². The average Bonchev–Trinajstić information content (AvgIpc) is 3.00. The molecular formula is C21H26N4O2. The van der Waals surface area contributed by atoms with Crippen LogP contribution in [-0.4, -0.2) is 53.6 Å². The highest BCUT2D eigenvalue weighted by atomic mass is 16.5. The predicted octanol–water partition coefficient (Wildman–Crippen LogP) is 3.22. The van der Waals surface area contributed by atoms with E-state index in [4.69, 9.17) is 4.74 Å². The Hall–Kier alpha value is -2.60. The molecule has 3 aliphatic heterocycles. The van der Waals surface area contributed by atoms with E-state index < -0.39 is 0 Å². The first-order valence-electron chi connectivity index (χ1n) is 9.55. The Morgan fingerprint density at radius 3 is 2.78 bits per heavy atom. The maximum absolute atomic E-state index is 13.0. The van der Waals surface area contributed by atoms with Gasteiger partial charge in [-0.3, -0.25) is 9.88 Å². The van der Waals surface area contributed by atoms with Crippen LogP contribution in [0, 0.1) is 5.92 Å². The molecule has 2 aromatic rings. The number of rotatable bonds is 4. The van der Waals surface area contributed by atoms with Crippen molar-refractivity contribution in [3.05, 3.63) is 54.4 Å². The molecule has 142 valence electrons. The molecule has 5 rings (SSSR count). The monoisotopic (exact) mass is 366 g/mol. The number of methoxy groups -OCH3 is 1. The van der Waals surface area contributed by atoms with E-state index in [1.54, 1.807) is 7.11 Å². The molecule has 6 nitrogen and oxygen atoms in total. The van der Waals surface area contributed by atoms with Gasteiger partial charge in [0.2, 0.25) is 0 Å². The van der Waals surface area contributed by atoms with Crippen molar-refractivity contribution in [1.29, 1.82) is 0 Å². The van der Waals surface area contributed by atoms with Gasteiger partial charge in [-0.15, -0.1) is 0 Å². The topological polar surface area (TPSA) is 57.7 Å². The summed E-state index contributed by atoms with van der Waals surface area (Å²) in [6.07, 6.45) is 5.94. The molecule has 4 heterocycles. The summed E-state index contributed by atoms with van der Waals surface area (Å²) in [6, 6.07) is 11.9. The van der Waals surface area contributed by atoms with Crippen LogP contribution in [0.2, 0.25) is 0 Å². The molecule has 2 atom stereocenters. The molecule has 3 aliphatic rings. The second kappa shape index (κ2) is 7.96. The molecule has 2 bridgehead atoms. The second-order valence-corrected chi connectivity index (χ2v) is 7.43. The van der Waals surface area contributed by atoms with E-state index in [2.05, 4.69) is 27.3 Å². The van der Waals surface area contributed by atoms with E-state index in [0.29, 0.717) is 11.7 Å². The van der Waals surface area contributed by atoms with Gasteiger partial charge in [-0.25, -0.2) is 4.79 Å². The molecule has 1 aromatic carbocycles. The average molecular weight is 366 g/mol. The van der Waals surface area contributed by atoms with Crippen molar-refractivity contribution in [2.75, 3.05) is 32.1 Å². The number of hydrogen-bond donors (Lipinski definition) is 1. The second-order valence-electron chi connectivity index (χ2n) is 7.43. The van der Waals surface area contributed by atoms with Crippen LogP contribution in [0.5, 0.6) is 5.75 Å². The molecule has 0 aliphatic carbocycles. The summed E-state index contributed by atoms with van der Waals surface area (Å²) in [6.45, 7) is 3.69. The third-order valence-electron chi connectivity index (χ3n) is 5.55. The lowest BCUT2D eigenvalue weighted by Gasteiger charge is -2.36. The van der Waals surface area contributed by atoms with E-state index in [0.717, 1.165) is 38.3 Å². The maximum atomic E-state index is 13.0. The predicted molar refractivity (Wildman–Crippen MR) is 105 cm³/mol. The van der Waals surface area contributed by atoms with Gasteiger partial charge in [0.25, 0.3) is 0 Å². The van der Waals surface area contributed by atoms with Crippen LogP contribution in [0.3, 0.4) is 0 Å². The van der Waals surface area contributed by atoms with E-state index in [-0.39, 0.29) is 12.1 Å². The largest absolute Gasteiger partial charge is 0.495 e. The Morgan fingerprint density at radius 2 is 1.96 bits per heavy atom. The highest BCUT2D eigenvalue weighted by Crippen LogP contribution is 2.30. The number of piperidine rings is 1. The third kappa shape index (κ3) is 4.06. The van der Waals surface area contributed by atoms with Crippen LogP contribution in [0.4, 0.5) is 10.5 Å². The molecule has 1 N–H and O–H groups in total. The number of fused-ring (bicyclic) bond motifs is 4. The van der Waals surface area contributed by atoms with Gasteiger partial charge in [-0.1, -0.05) is 12.1 Å². The molecule has 3 saturated heterocycles. The first kappa shape index (κ1) is 17.8. The van der Waals surface area contributed by atoms with E-state index in [1.807, 2.05) is 41.6 Å². The lowest BCUT2D eigenvalue weighted by atomic mass is 9.95. The number of carbonyl (C=O) groups is 1. The van der Waals surface area contributed by atoms with E-state index in [9.17, 15) is 4.79 Å². The molecule has 0 spiro atoms. The van der Waals surface area contributed by atoms with Gasteiger partial charge in [-0.05, 0) is 48.6 Å². The molecule has 3 fully saturated rings. The fourth-order valence-corrected chi connectivity index (χ4v) is 4.24. The first-order chi connectivity index (χ1) is 13.2. The van der Waals surface area contributed by atoms with Crippen LogP contribution in [0.1, 0.15) is 18.4 Å². The molecular weight excluding hydrogens is 340 g/mol. The zero-order valence-corrected chi connectivity index (χ0v) is 15.7. The minimum absolute atomic E-state index is 0.0278. The number of carbonyl (C=O) groups excluding carboxylic acids is 1. The summed E-state index contributed by atoms with van der Waals surface area (Å²) in [5.41, 5.74) is 2.00. The van der Waals surface area contributed by atoms with E-state index >= 15 is 0 Å². The summed E-state index contributed by atoms with van der Waals surface area (Å²) in [5, 5.41) is 3.04. The lowest BCUT2D eigenvalue weighted by Crippen LogP contribution is -2.49. The molecule has 6 heteroatoms. The SMILES string of the molecule is COc1ccccc1NC(=O)N1C[C@H]2CC[C@@H]1CN(Cc1ccncc1)C2. The number of nitrogens with one attached hydrogen (secondary N) is 1. The van der Waals surface area contributed by atoms with Crippen LogP contribution in [0.25, 0.3) is 0 Å². The number of hydrogen-bond acceptors (Lipinski definition) is 4. The smallest absolute Gasteiger partial charge is 0.322 e. The fraction of sp³-hybridized carbons (Fsp3) is 0.429. The minimum Gasteiger partial charge on any atom is -0.495 e. The Kier molecular flexibility index (Phi) is 5.25. The lowest BCUT2D eigenvalue weighted by molar-refractivity contribution is 0.151. The Balaban J connectivity index is 1.45. The van der Waals surface area contributed by atoms with Gasteiger partial charge in [0.1, 0.15) is 5.75 Å². The molecule has 0 saturated carbocycles. The molecule has 0 unspecified atom stereocenters.